The van der Waals surface area contributed by atoms with Crippen LogP contribution in [0.3, 0.4) is 0 Å². The van der Waals surface area contributed by atoms with E-state index in [1.54, 1.807) is 30.1 Å². The third-order valence-electron chi connectivity index (χ3n) is 5.49. The quantitative estimate of drug-likeness (QED) is 0.468. The molecular formula is C25H21N3O3S. The van der Waals surface area contributed by atoms with E-state index >= 15 is 0 Å². The van der Waals surface area contributed by atoms with Crippen LogP contribution in [-0.4, -0.2) is 33.8 Å². The average molecular weight is 444 g/mol. The molecule has 2 aromatic heterocycles. The van der Waals surface area contributed by atoms with Crippen LogP contribution in [0.5, 0.6) is 11.5 Å². The van der Waals surface area contributed by atoms with E-state index in [0.717, 1.165) is 33.6 Å². The number of benzene rings is 2. The number of anilines is 1. The third kappa shape index (κ3) is 3.76. The normalized spacial score (nSPS) is 16.3. The summed E-state index contributed by atoms with van der Waals surface area (Å²) in [5.74, 6) is 1.29. The van der Waals surface area contributed by atoms with Crippen molar-refractivity contribution in [3.8, 4) is 22.8 Å². The minimum atomic E-state index is -0.195. The van der Waals surface area contributed by atoms with Crippen LogP contribution in [0.15, 0.2) is 72.9 Å². The molecule has 0 bridgehead atoms. The number of amides is 1. The summed E-state index contributed by atoms with van der Waals surface area (Å²) in [7, 11) is 1.52. The number of methoxy groups -OCH3 is 1. The van der Waals surface area contributed by atoms with Crippen LogP contribution in [0, 0.1) is 0 Å². The zero-order valence-corrected chi connectivity index (χ0v) is 18.2. The van der Waals surface area contributed by atoms with Crippen molar-refractivity contribution < 1.29 is 14.6 Å². The highest BCUT2D eigenvalue weighted by atomic mass is 32.2. The minimum absolute atomic E-state index is 0.0709. The van der Waals surface area contributed by atoms with Crippen molar-refractivity contribution in [2.75, 3.05) is 17.8 Å². The number of hydrogen-bond donors (Lipinski definition) is 1. The number of hydrogen-bond acceptors (Lipinski definition) is 6. The molecule has 7 heteroatoms. The van der Waals surface area contributed by atoms with Crippen molar-refractivity contribution in [1.29, 1.82) is 0 Å². The number of fused-ring (bicyclic) bond motifs is 1. The summed E-state index contributed by atoms with van der Waals surface area (Å²) in [6.07, 6.45) is 2.22. The Hall–Kier alpha value is -3.58. The molecule has 1 saturated heterocycles. The first-order valence-corrected chi connectivity index (χ1v) is 11.3. The van der Waals surface area contributed by atoms with Gasteiger partial charge in [0.15, 0.2) is 17.1 Å². The fraction of sp³-hybridized carbons (Fsp3) is 0.160. The molecule has 160 valence electrons. The standard InChI is InChI=1S/C25H21N3O3S/c1-31-22-15-18(7-11-21(22)29)25-28(23(30)12-14-32-25)19-8-4-16(5-9-19)20-10-6-17-3-2-13-26-24(17)27-20/h2-11,13,15,25,29H,12,14H2,1H3. The molecule has 1 aliphatic rings. The Bertz CT molecular complexity index is 1290. The Morgan fingerprint density at radius 1 is 1.09 bits per heavy atom. The summed E-state index contributed by atoms with van der Waals surface area (Å²) in [6, 6.07) is 21.0. The smallest absolute Gasteiger partial charge is 0.229 e. The van der Waals surface area contributed by atoms with Crippen molar-refractivity contribution in [3.05, 3.63) is 78.5 Å². The van der Waals surface area contributed by atoms with Gasteiger partial charge in [0.1, 0.15) is 5.37 Å². The van der Waals surface area contributed by atoms with Crippen molar-refractivity contribution in [1.82, 2.24) is 9.97 Å². The number of thioether (sulfide) groups is 1. The molecule has 1 amide bonds. The molecule has 1 aliphatic heterocycles. The second kappa shape index (κ2) is 8.51. The minimum Gasteiger partial charge on any atom is -0.504 e. The molecule has 5 rings (SSSR count). The number of carbonyl (C=O) groups is 1. The molecule has 2 aromatic carbocycles. The molecule has 1 N–H and O–H groups in total. The van der Waals surface area contributed by atoms with E-state index in [-0.39, 0.29) is 17.0 Å². The lowest BCUT2D eigenvalue weighted by atomic mass is 10.1. The van der Waals surface area contributed by atoms with Gasteiger partial charge in [0.05, 0.1) is 12.8 Å². The Balaban J connectivity index is 1.48. The molecule has 1 fully saturated rings. The van der Waals surface area contributed by atoms with E-state index < -0.39 is 0 Å². The lowest BCUT2D eigenvalue weighted by Crippen LogP contribution is -2.37. The van der Waals surface area contributed by atoms with E-state index in [0.29, 0.717) is 17.8 Å². The summed E-state index contributed by atoms with van der Waals surface area (Å²) in [4.78, 5) is 23.7. The van der Waals surface area contributed by atoms with Gasteiger partial charge in [0.2, 0.25) is 5.91 Å². The van der Waals surface area contributed by atoms with Gasteiger partial charge in [0.25, 0.3) is 0 Å². The van der Waals surface area contributed by atoms with Crippen molar-refractivity contribution in [3.63, 3.8) is 0 Å². The maximum atomic E-state index is 12.9. The number of carbonyl (C=O) groups excluding carboxylic acids is 1. The van der Waals surface area contributed by atoms with Crippen LogP contribution in [-0.2, 0) is 4.79 Å². The summed E-state index contributed by atoms with van der Waals surface area (Å²) >= 11 is 1.70. The van der Waals surface area contributed by atoms with Crippen molar-refractivity contribution in [2.45, 2.75) is 11.8 Å². The third-order valence-corrected chi connectivity index (χ3v) is 6.73. The van der Waals surface area contributed by atoms with E-state index in [9.17, 15) is 9.90 Å². The van der Waals surface area contributed by atoms with Gasteiger partial charge < -0.3 is 9.84 Å². The second-order valence-corrected chi connectivity index (χ2v) is 8.65. The summed E-state index contributed by atoms with van der Waals surface area (Å²) in [6.45, 7) is 0. The molecular weight excluding hydrogens is 422 g/mol. The highest BCUT2D eigenvalue weighted by molar-refractivity contribution is 7.99. The van der Waals surface area contributed by atoms with Crippen LogP contribution in [0.2, 0.25) is 0 Å². The first-order chi connectivity index (χ1) is 15.6. The Kier molecular flexibility index (Phi) is 5.41. The van der Waals surface area contributed by atoms with Crippen LogP contribution >= 0.6 is 11.8 Å². The Morgan fingerprint density at radius 3 is 2.75 bits per heavy atom. The van der Waals surface area contributed by atoms with E-state index in [1.807, 2.05) is 59.5 Å². The summed E-state index contributed by atoms with van der Waals surface area (Å²) < 4.78 is 5.26. The number of ether oxygens (including phenoxy) is 1. The van der Waals surface area contributed by atoms with Gasteiger partial charge >= 0.3 is 0 Å². The lowest BCUT2D eigenvalue weighted by molar-refractivity contribution is -0.118. The fourth-order valence-corrected chi connectivity index (χ4v) is 5.11. The molecule has 0 spiro atoms. The van der Waals surface area contributed by atoms with Crippen LogP contribution < -0.4 is 9.64 Å². The zero-order valence-electron chi connectivity index (χ0n) is 17.4. The molecule has 4 aromatic rings. The monoisotopic (exact) mass is 443 g/mol. The number of nitrogens with zero attached hydrogens (tertiary/aromatic N) is 3. The number of rotatable bonds is 4. The molecule has 32 heavy (non-hydrogen) atoms. The highest BCUT2D eigenvalue weighted by Gasteiger charge is 2.31. The molecule has 0 radical (unpaired) electrons. The maximum Gasteiger partial charge on any atom is 0.229 e. The fourth-order valence-electron chi connectivity index (χ4n) is 3.86. The maximum absolute atomic E-state index is 12.9. The predicted octanol–water partition coefficient (Wildman–Crippen LogP) is 5.18. The second-order valence-electron chi connectivity index (χ2n) is 7.46. The number of phenolic OH excluding ortho intramolecular Hbond substituents is 1. The zero-order chi connectivity index (χ0) is 22.1. The van der Waals surface area contributed by atoms with Crippen LogP contribution in [0.25, 0.3) is 22.3 Å². The van der Waals surface area contributed by atoms with Crippen molar-refractivity contribution >= 4 is 34.4 Å². The van der Waals surface area contributed by atoms with Gasteiger partial charge in [-0.15, -0.1) is 11.8 Å². The Morgan fingerprint density at radius 2 is 1.94 bits per heavy atom. The summed E-state index contributed by atoms with van der Waals surface area (Å²) in [5, 5.41) is 10.8. The number of aromatic hydroxyl groups is 1. The molecule has 6 nitrogen and oxygen atoms in total. The van der Waals surface area contributed by atoms with Gasteiger partial charge in [0, 0.05) is 35.0 Å². The average Bonchev–Trinajstić information content (AvgIpc) is 2.84. The van der Waals surface area contributed by atoms with Gasteiger partial charge in [-0.05, 0) is 54.1 Å². The van der Waals surface area contributed by atoms with Gasteiger partial charge in [-0.25, -0.2) is 9.97 Å². The predicted molar refractivity (Wildman–Crippen MR) is 127 cm³/mol. The number of phenols is 1. The van der Waals surface area contributed by atoms with E-state index in [1.165, 1.54) is 7.11 Å². The number of pyridine rings is 2. The first-order valence-electron chi connectivity index (χ1n) is 10.3. The molecule has 1 unspecified atom stereocenters. The van der Waals surface area contributed by atoms with Crippen LogP contribution in [0.1, 0.15) is 17.4 Å². The van der Waals surface area contributed by atoms with Gasteiger partial charge in [-0.1, -0.05) is 18.2 Å². The molecule has 0 aliphatic carbocycles. The highest BCUT2D eigenvalue weighted by Crippen LogP contribution is 2.42. The molecule has 0 saturated carbocycles. The van der Waals surface area contributed by atoms with E-state index in [4.69, 9.17) is 4.74 Å². The SMILES string of the molecule is COc1cc(C2SCCC(=O)N2c2ccc(-c3ccc4cccnc4n3)cc2)ccc1O. The molecule has 1 atom stereocenters. The molecule has 3 heterocycles. The summed E-state index contributed by atoms with van der Waals surface area (Å²) in [5.41, 5.74) is 4.23. The number of aromatic nitrogens is 2. The van der Waals surface area contributed by atoms with Gasteiger partial charge in [-0.2, -0.15) is 0 Å². The van der Waals surface area contributed by atoms with Crippen molar-refractivity contribution in [2.24, 2.45) is 0 Å². The topological polar surface area (TPSA) is 75.5 Å². The van der Waals surface area contributed by atoms with Crippen LogP contribution in [0.4, 0.5) is 5.69 Å². The largest absolute Gasteiger partial charge is 0.504 e. The Labute approximate surface area is 189 Å². The van der Waals surface area contributed by atoms with E-state index in [2.05, 4.69) is 9.97 Å². The lowest BCUT2D eigenvalue weighted by Gasteiger charge is -2.35. The first kappa shape index (κ1) is 20.3. The van der Waals surface area contributed by atoms with Gasteiger partial charge in [-0.3, -0.25) is 9.69 Å².